The average molecular weight is 141 g/mol. The summed E-state index contributed by atoms with van der Waals surface area (Å²) in [5, 5.41) is 0. The van der Waals surface area contributed by atoms with E-state index in [1.807, 2.05) is 6.07 Å². The SMILES string of the molecule is [CH2-]c1ccco1.[Cl-].[Mg+2]. The Labute approximate surface area is 71.0 Å². The molecule has 1 rings (SSSR count). The topological polar surface area (TPSA) is 13.1 Å². The summed E-state index contributed by atoms with van der Waals surface area (Å²) in [5.41, 5.74) is 0. The number of hydrogen-bond acceptors (Lipinski definition) is 1. The molecule has 1 heterocycles. The molecule has 0 saturated carbocycles. The Hall–Kier alpha value is 0.206. The molecule has 0 aromatic carbocycles. The van der Waals surface area contributed by atoms with Crippen molar-refractivity contribution >= 4 is 23.1 Å². The first-order chi connectivity index (χ1) is 2.89. The molecule has 0 spiro atoms. The minimum atomic E-state index is 0. The average Bonchev–Trinajstić information content (AvgIpc) is 1.86. The van der Waals surface area contributed by atoms with Crippen LogP contribution in [0.5, 0.6) is 0 Å². The van der Waals surface area contributed by atoms with Crippen molar-refractivity contribution in [3.8, 4) is 0 Å². The van der Waals surface area contributed by atoms with Gasteiger partial charge in [0.05, 0.1) is 6.26 Å². The molecule has 0 aliphatic heterocycles. The van der Waals surface area contributed by atoms with Crippen LogP contribution >= 0.6 is 0 Å². The molecule has 1 aromatic heterocycles. The van der Waals surface area contributed by atoms with E-state index in [4.69, 9.17) is 4.42 Å². The second kappa shape index (κ2) is 5.35. The Morgan fingerprint density at radius 1 is 1.50 bits per heavy atom. The third-order valence-corrected chi connectivity index (χ3v) is 0.580. The minimum Gasteiger partial charge on any atom is -1.00 e. The van der Waals surface area contributed by atoms with E-state index in [1.54, 1.807) is 12.3 Å². The van der Waals surface area contributed by atoms with Crippen LogP contribution in [0.15, 0.2) is 22.8 Å². The summed E-state index contributed by atoms with van der Waals surface area (Å²) in [4.78, 5) is 0. The first-order valence-electron chi connectivity index (χ1n) is 1.75. The Kier molecular flexibility index (Phi) is 7.39. The molecule has 8 heavy (non-hydrogen) atoms. The number of furan rings is 1. The van der Waals surface area contributed by atoms with E-state index >= 15 is 0 Å². The van der Waals surface area contributed by atoms with Crippen molar-refractivity contribution in [2.24, 2.45) is 0 Å². The Morgan fingerprint density at radius 3 is 2.25 bits per heavy atom. The van der Waals surface area contributed by atoms with Gasteiger partial charge in [-0.05, 0) is 5.76 Å². The molecule has 0 atom stereocenters. The van der Waals surface area contributed by atoms with Crippen LogP contribution in [0, 0.1) is 6.92 Å². The van der Waals surface area contributed by atoms with E-state index in [0.717, 1.165) is 5.76 Å². The van der Waals surface area contributed by atoms with Crippen molar-refractivity contribution in [3.63, 3.8) is 0 Å². The maximum absolute atomic E-state index is 4.72. The predicted molar refractivity (Wildman–Crippen MR) is 28.9 cm³/mol. The van der Waals surface area contributed by atoms with E-state index < -0.39 is 0 Å². The predicted octanol–water partition coefficient (Wildman–Crippen LogP) is -1.92. The number of halogens is 1. The van der Waals surface area contributed by atoms with Gasteiger partial charge < -0.3 is 16.8 Å². The third kappa shape index (κ3) is 3.24. The molecule has 0 bridgehead atoms. The van der Waals surface area contributed by atoms with Gasteiger partial charge in [-0.25, -0.2) is 6.92 Å². The summed E-state index contributed by atoms with van der Waals surface area (Å²) < 4.78 is 4.72. The van der Waals surface area contributed by atoms with Crippen LogP contribution in [0.2, 0.25) is 0 Å². The number of hydrogen-bond donors (Lipinski definition) is 0. The summed E-state index contributed by atoms with van der Waals surface area (Å²) in [6, 6.07) is 3.61. The first-order valence-corrected chi connectivity index (χ1v) is 1.75. The Bertz CT molecular complexity index is 116. The third-order valence-electron chi connectivity index (χ3n) is 0.580. The van der Waals surface area contributed by atoms with Crippen LogP contribution < -0.4 is 12.4 Å². The normalized spacial score (nSPS) is 6.50. The van der Waals surface area contributed by atoms with Crippen molar-refractivity contribution in [1.82, 2.24) is 0 Å². The molecule has 3 heteroatoms. The van der Waals surface area contributed by atoms with E-state index in [9.17, 15) is 0 Å². The van der Waals surface area contributed by atoms with Crippen LogP contribution in [0.4, 0.5) is 0 Å². The molecule has 0 unspecified atom stereocenters. The standard InChI is InChI=1S/C5H5O.ClH.Mg/c1-5-3-2-4-6-5;;/h2-4H,1H2;1H;/q-1;;+2/p-1. The van der Waals surface area contributed by atoms with Crippen LogP contribution in [0.25, 0.3) is 0 Å². The van der Waals surface area contributed by atoms with Crippen LogP contribution in [-0.2, 0) is 0 Å². The zero-order chi connectivity index (χ0) is 4.41. The molecule has 1 aromatic rings. The zero-order valence-electron chi connectivity index (χ0n) is 4.43. The molecule has 0 N–H and O–H groups in total. The van der Waals surface area contributed by atoms with Crippen LogP contribution in [0.1, 0.15) is 5.76 Å². The quantitative estimate of drug-likeness (QED) is 0.303. The second-order valence-electron chi connectivity index (χ2n) is 1.08. The van der Waals surface area contributed by atoms with Crippen LogP contribution in [0.3, 0.4) is 0 Å². The minimum absolute atomic E-state index is 0. The van der Waals surface area contributed by atoms with Gasteiger partial charge in [0.1, 0.15) is 0 Å². The fourth-order valence-corrected chi connectivity index (χ4v) is 0.313. The summed E-state index contributed by atoms with van der Waals surface area (Å²) in [6.45, 7) is 3.51. The van der Waals surface area contributed by atoms with Gasteiger partial charge in [0.15, 0.2) is 0 Å². The molecule has 1 nitrogen and oxygen atoms in total. The summed E-state index contributed by atoms with van der Waals surface area (Å²) in [6.07, 6.45) is 1.60. The van der Waals surface area contributed by atoms with Gasteiger partial charge >= 0.3 is 23.1 Å². The van der Waals surface area contributed by atoms with Gasteiger partial charge in [-0.2, -0.15) is 6.07 Å². The summed E-state index contributed by atoms with van der Waals surface area (Å²) in [7, 11) is 0. The van der Waals surface area contributed by atoms with E-state index in [0.29, 0.717) is 0 Å². The molecule has 0 aliphatic carbocycles. The maximum atomic E-state index is 4.72. The van der Waals surface area contributed by atoms with Crippen molar-refractivity contribution in [3.05, 3.63) is 31.1 Å². The number of rotatable bonds is 0. The van der Waals surface area contributed by atoms with Gasteiger partial charge in [0, 0.05) is 0 Å². The second-order valence-corrected chi connectivity index (χ2v) is 1.08. The largest absolute Gasteiger partial charge is 2.00 e. The van der Waals surface area contributed by atoms with Crippen molar-refractivity contribution in [2.75, 3.05) is 0 Å². The van der Waals surface area contributed by atoms with Crippen molar-refractivity contribution in [2.45, 2.75) is 0 Å². The van der Waals surface area contributed by atoms with Gasteiger partial charge in [-0.3, -0.25) is 0 Å². The van der Waals surface area contributed by atoms with E-state index in [2.05, 4.69) is 6.92 Å². The molecule has 0 fully saturated rings. The van der Waals surface area contributed by atoms with Gasteiger partial charge in [-0.1, -0.05) is 0 Å². The molecule has 0 amide bonds. The molecular weight excluding hydrogens is 136 g/mol. The van der Waals surface area contributed by atoms with Crippen molar-refractivity contribution < 1.29 is 16.8 Å². The molecule has 40 valence electrons. The summed E-state index contributed by atoms with van der Waals surface area (Å²) in [5.74, 6) is 0.718. The molecule has 0 radical (unpaired) electrons. The Morgan fingerprint density at radius 2 is 2.12 bits per heavy atom. The van der Waals surface area contributed by atoms with Gasteiger partial charge in [-0.15, -0.1) is 6.07 Å². The zero-order valence-corrected chi connectivity index (χ0v) is 6.60. The maximum Gasteiger partial charge on any atom is 2.00 e. The monoisotopic (exact) mass is 140 g/mol. The molecule has 0 saturated heterocycles. The Balaban J connectivity index is 0. The van der Waals surface area contributed by atoms with Gasteiger partial charge in [0.25, 0.3) is 0 Å². The summed E-state index contributed by atoms with van der Waals surface area (Å²) >= 11 is 0. The first kappa shape index (κ1) is 11.1. The smallest absolute Gasteiger partial charge is 1.00 e. The van der Waals surface area contributed by atoms with E-state index in [-0.39, 0.29) is 35.5 Å². The van der Waals surface area contributed by atoms with Crippen LogP contribution in [-0.4, -0.2) is 23.1 Å². The molecule has 0 aliphatic rings. The molecular formula is C5H5ClMgO. The van der Waals surface area contributed by atoms with Gasteiger partial charge in [0.2, 0.25) is 0 Å². The van der Waals surface area contributed by atoms with Crippen molar-refractivity contribution in [1.29, 1.82) is 0 Å². The van der Waals surface area contributed by atoms with E-state index in [1.165, 1.54) is 0 Å². The fraction of sp³-hybridized carbons (Fsp3) is 0. The fourth-order valence-electron chi connectivity index (χ4n) is 0.313.